The molecule has 0 fully saturated rings. The third-order valence-corrected chi connectivity index (χ3v) is 3.86. The van der Waals surface area contributed by atoms with Gasteiger partial charge in [0.05, 0.1) is 18.4 Å². The molecule has 1 aromatic heterocycles. The fourth-order valence-corrected chi connectivity index (χ4v) is 2.41. The molecule has 0 radical (unpaired) electrons. The highest BCUT2D eigenvalue weighted by molar-refractivity contribution is 6.04. The first-order chi connectivity index (χ1) is 13.1. The van der Waals surface area contributed by atoms with Crippen LogP contribution in [-0.2, 0) is 6.54 Å². The van der Waals surface area contributed by atoms with Crippen LogP contribution in [0.1, 0.15) is 15.9 Å². The second-order valence-electron chi connectivity index (χ2n) is 5.71. The number of carbonyl (C=O) groups is 1. The standard InChI is InChI=1S/C20H17F2N3O2/c1-27-16-7-5-13(6-8-16)10-24-15-9-14(11-23-12-15)20(26)25-19-17(21)3-2-4-18(19)22/h2-9,11-12,24H,10H2,1H3,(H,25,26). The van der Waals surface area contributed by atoms with Gasteiger partial charge in [-0.1, -0.05) is 18.2 Å². The monoisotopic (exact) mass is 369 g/mol. The molecule has 0 saturated heterocycles. The lowest BCUT2D eigenvalue weighted by atomic mass is 10.2. The summed E-state index contributed by atoms with van der Waals surface area (Å²) in [5.41, 5.74) is 1.31. The highest BCUT2D eigenvalue weighted by Crippen LogP contribution is 2.20. The zero-order valence-corrected chi connectivity index (χ0v) is 14.5. The Hall–Kier alpha value is -3.48. The molecule has 7 heteroatoms. The van der Waals surface area contributed by atoms with Crippen LogP contribution < -0.4 is 15.4 Å². The molecule has 0 spiro atoms. The Balaban J connectivity index is 1.68. The third-order valence-electron chi connectivity index (χ3n) is 3.86. The number of rotatable bonds is 6. The van der Waals surface area contributed by atoms with E-state index in [2.05, 4.69) is 15.6 Å². The Morgan fingerprint density at radius 1 is 1.07 bits per heavy atom. The number of carbonyl (C=O) groups excluding carboxylic acids is 1. The second kappa shape index (κ2) is 8.27. The number of pyridine rings is 1. The molecule has 0 saturated carbocycles. The van der Waals surface area contributed by atoms with Gasteiger partial charge in [-0.15, -0.1) is 0 Å². The van der Waals surface area contributed by atoms with Gasteiger partial charge in [-0.2, -0.15) is 0 Å². The van der Waals surface area contributed by atoms with E-state index in [4.69, 9.17) is 4.74 Å². The smallest absolute Gasteiger partial charge is 0.257 e. The minimum Gasteiger partial charge on any atom is -0.497 e. The van der Waals surface area contributed by atoms with Crippen LogP contribution in [0.5, 0.6) is 5.75 Å². The number of ether oxygens (including phenoxy) is 1. The molecule has 0 atom stereocenters. The molecule has 0 aliphatic rings. The first kappa shape index (κ1) is 18.3. The third kappa shape index (κ3) is 4.58. The van der Waals surface area contributed by atoms with E-state index in [0.717, 1.165) is 23.4 Å². The molecule has 2 aromatic carbocycles. The zero-order chi connectivity index (χ0) is 19.2. The molecule has 1 amide bonds. The molecule has 27 heavy (non-hydrogen) atoms. The lowest BCUT2D eigenvalue weighted by Crippen LogP contribution is -2.15. The maximum Gasteiger partial charge on any atom is 0.257 e. The van der Waals surface area contributed by atoms with Crippen LogP contribution in [-0.4, -0.2) is 18.0 Å². The summed E-state index contributed by atoms with van der Waals surface area (Å²) >= 11 is 0. The fraction of sp³-hybridized carbons (Fsp3) is 0.100. The van der Waals surface area contributed by atoms with Crippen molar-refractivity contribution in [3.8, 4) is 5.75 Å². The lowest BCUT2D eigenvalue weighted by Gasteiger charge is -2.10. The molecule has 0 bridgehead atoms. The van der Waals surface area contributed by atoms with Gasteiger partial charge in [0.2, 0.25) is 0 Å². The molecule has 138 valence electrons. The maximum absolute atomic E-state index is 13.7. The Bertz CT molecular complexity index is 926. The summed E-state index contributed by atoms with van der Waals surface area (Å²) in [5.74, 6) is -1.57. The summed E-state index contributed by atoms with van der Waals surface area (Å²) in [7, 11) is 1.60. The van der Waals surface area contributed by atoms with Crippen molar-refractivity contribution in [3.05, 3.63) is 83.7 Å². The van der Waals surface area contributed by atoms with Crippen LogP contribution in [0.3, 0.4) is 0 Å². The predicted molar refractivity (Wildman–Crippen MR) is 98.9 cm³/mol. The Morgan fingerprint density at radius 2 is 1.78 bits per heavy atom. The van der Waals surface area contributed by atoms with Crippen LogP contribution in [0.15, 0.2) is 60.9 Å². The molecule has 3 aromatic rings. The first-order valence-corrected chi connectivity index (χ1v) is 8.14. The number of amides is 1. The topological polar surface area (TPSA) is 63.2 Å². The number of hydrogen-bond acceptors (Lipinski definition) is 4. The van der Waals surface area contributed by atoms with E-state index >= 15 is 0 Å². The quantitative estimate of drug-likeness (QED) is 0.682. The lowest BCUT2D eigenvalue weighted by molar-refractivity contribution is 0.102. The maximum atomic E-state index is 13.7. The van der Waals surface area contributed by atoms with Crippen LogP contribution in [0.2, 0.25) is 0 Å². The van der Waals surface area contributed by atoms with E-state index in [0.29, 0.717) is 12.2 Å². The number of halogens is 2. The molecule has 1 heterocycles. The van der Waals surface area contributed by atoms with E-state index in [1.165, 1.54) is 12.3 Å². The van der Waals surface area contributed by atoms with Gasteiger partial charge in [0.25, 0.3) is 5.91 Å². The number of methoxy groups -OCH3 is 1. The average Bonchev–Trinajstić information content (AvgIpc) is 2.70. The van der Waals surface area contributed by atoms with Crippen LogP contribution in [0.25, 0.3) is 0 Å². The number of hydrogen-bond donors (Lipinski definition) is 2. The molecule has 2 N–H and O–H groups in total. The van der Waals surface area contributed by atoms with Crippen molar-refractivity contribution in [1.29, 1.82) is 0 Å². The van der Waals surface area contributed by atoms with Gasteiger partial charge in [0, 0.05) is 18.9 Å². The van der Waals surface area contributed by atoms with Crippen molar-refractivity contribution in [2.75, 3.05) is 17.7 Å². The van der Waals surface area contributed by atoms with E-state index < -0.39 is 23.2 Å². The molecule has 5 nitrogen and oxygen atoms in total. The highest BCUT2D eigenvalue weighted by atomic mass is 19.1. The summed E-state index contributed by atoms with van der Waals surface area (Å²) in [6.07, 6.45) is 2.89. The summed E-state index contributed by atoms with van der Waals surface area (Å²) in [5, 5.41) is 5.39. The van der Waals surface area contributed by atoms with E-state index in [9.17, 15) is 13.6 Å². The number of anilines is 2. The summed E-state index contributed by atoms with van der Waals surface area (Å²) in [6.45, 7) is 0.513. The molecule has 0 aliphatic carbocycles. The van der Waals surface area contributed by atoms with Crippen molar-refractivity contribution in [2.24, 2.45) is 0 Å². The Labute approximate surface area is 155 Å². The van der Waals surface area contributed by atoms with Crippen molar-refractivity contribution in [2.45, 2.75) is 6.54 Å². The van der Waals surface area contributed by atoms with Gasteiger partial charge in [-0.25, -0.2) is 8.78 Å². The molecule has 3 rings (SSSR count). The number of nitrogens with zero attached hydrogens (tertiary/aromatic N) is 1. The van der Waals surface area contributed by atoms with Crippen molar-refractivity contribution in [3.63, 3.8) is 0 Å². The SMILES string of the molecule is COc1ccc(CNc2cncc(C(=O)Nc3c(F)cccc3F)c2)cc1. The van der Waals surface area contributed by atoms with Gasteiger partial charge in [-0.3, -0.25) is 9.78 Å². The highest BCUT2D eigenvalue weighted by Gasteiger charge is 2.14. The summed E-state index contributed by atoms with van der Waals surface area (Å²) in [4.78, 5) is 16.3. The Kier molecular flexibility index (Phi) is 5.61. The van der Waals surface area contributed by atoms with E-state index in [1.807, 2.05) is 24.3 Å². The van der Waals surface area contributed by atoms with Gasteiger partial charge >= 0.3 is 0 Å². The van der Waals surface area contributed by atoms with Gasteiger partial charge < -0.3 is 15.4 Å². The second-order valence-corrected chi connectivity index (χ2v) is 5.71. The molecule has 0 unspecified atom stereocenters. The fourth-order valence-electron chi connectivity index (χ4n) is 2.41. The molecular formula is C20H17F2N3O2. The predicted octanol–water partition coefficient (Wildman–Crippen LogP) is 4.23. The largest absolute Gasteiger partial charge is 0.497 e. The van der Waals surface area contributed by atoms with Crippen LogP contribution in [0, 0.1) is 11.6 Å². The van der Waals surface area contributed by atoms with Crippen LogP contribution >= 0.6 is 0 Å². The average molecular weight is 369 g/mol. The first-order valence-electron chi connectivity index (χ1n) is 8.14. The molecular weight excluding hydrogens is 352 g/mol. The number of para-hydroxylation sites is 1. The number of nitrogens with one attached hydrogen (secondary N) is 2. The number of benzene rings is 2. The molecule has 0 aliphatic heterocycles. The summed E-state index contributed by atoms with van der Waals surface area (Å²) in [6, 6.07) is 12.5. The normalized spacial score (nSPS) is 10.3. The van der Waals surface area contributed by atoms with E-state index in [1.54, 1.807) is 19.4 Å². The summed E-state index contributed by atoms with van der Waals surface area (Å²) < 4.78 is 32.5. The van der Waals surface area contributed by atoms with Gasteiger partial charge in [0.1, 0.15) is 23.1 Å². The van der Waals surface area contributed by atoms with E-state index in [-0.39, 0.29) is 5.56 Å². The minimum atomic E-state index is -0.843. The van der Waals surface area contributed by atoms with Crippen molar-refractivity contribution < 1.29 is 18.3 Å². The van der Waals surface area contributed by atoms with Gasteiger partial charge in [-0.05, 0) is 35.9 Å². The Morgan fingerprint density at radius 3 is 2.44 bits per heavy atom. The number of aromatic nitrogens is 1. The van der Waals surface area contributed by atoms with Crippen molar-refractivity contribution in [1.82, 2.24) is 4.98 Å². The van der Waals surface area contributed by atoms with Crippen LogP contribution in [0.4, 0.5) is 20.2 Å². The zero-order valence-electron chi connectivity index (χ0n) is 14.5. The van der Waals surface area contributed by atoms with Gasteiger partial charge in [0.15, 0.2) is 0 Å². The van der Waals surface area contributed by atoms with Crippen molar-refractivity contribution >= 4 is 17.3 Å². The minimum absolute atomic E-state index is 0.178.